The van der Waals surface area contributed by atoms with E-state index in [4.69, 9.17) is 10.00 Å². The highest BCUT2D eigenvalue weighted by molar-refractivity contribution is 6.06. The maximum Gasteiger partial charge on any atom is 0.338 e. The molecule has 0 heterocycles. The Hall–Kier alpha value is -3.12. The van der Waals surface area contributed by atoms with Gasteiger partial charge >= 0.3 is 5.97 Å². The molecule has 0 aliphatic carbocycles. The van der Waals surface area contributed by atoms with Crippen LogP contribution in [0.1, 0.15) is 15.9 Å². The molecule has 0 amide bonds. The molecule has 0 fully saturated rings. The Morgan fingerprint density at radius 3 is 2.41 bits per heavy atom. The number of rotatable bonds is 2. The Balaban J connectivity index is 2.22. The Labute approximate surface area is 128 Å². The third-order valence-corrected chi connectivity index (χ3v) is 3.61. The molecule has 22 heavy (non-hydrogen) atoms. The quantitative estimate of drug-likeness (QED) is 0.665. The van der Waals surface area contributed by atoms with E-state index < -0.39 is 0 Å². The van der Waals surface area contributed by atoms with Crippen LogP contribution in [0.25, 0.3) is 21.9 Å². The molecular weight excluding hydrogens is 274 g/mol. The third-order valence-electron chi connectivity index (χ3n) is 3.61. The van der Waals surface area contributed by atoms with Crippen LogP contribution in [0.4, 0.5) is 0 Å². The van der Waals surface area contributed by atoms with Gasteiger partial charge in [0.2, 0.25) is 0 Å². The van der Waals surface area contributed by atoms with E-state index in [0.29, 0.717) is 11.1 Å². The summed E-state index contributed by atoms with van der Waals surface area (Å²) in [5.41, 5.74) is 3.02. The fraction of sp³-hybridized carbons (Fsp3) is 0.0526. The van der Waals surface area contributed by atoms with E-state index in [1.807, 2.05) is 48.5 Å². The first-order valence-electron chi connectivity index (χ1n) is 6.84. The highest BCUT2D eigenvalue weighted by atomic mass is 16.5. The largest absolute Gasteiger partial charge is 0.465 e. The summed E-state index contributed by atoms with van der Waals surface area (Å²) in [5.74, 6) is -0.355. The fourth-order valence-corrected chi connectivity index (χ4v) is 2.49. The van der Waals surface area contributed by atoms with Gasteiger partial charge in [0.05, 0.1) is 24.3 Å². The van der Waals surface area contributed by atoms with Crippen LogP contribution in [0, 0.1) is 11.3 Å². The second-order valence-electron chi connectivity index (χ2n) is 4.93. The molecular formula is C19H13NO2. The summed E-state index contributed by atoms with van der Waals surface area (Å²) >= 11 is 0. The Morgan fingerprint density at radius 2 is 1.73 bits per heavy atom. The van der Waals surface area contributed by atoms with Crippen LogP contribution in [0.15, 0.2) is 60.7 Å². The van der Waals surface area contributed by atoms with Crippen molar-refractivity contribution in [3.05, 3.63) is 71.8 Å². The minimum absolute atomic E-state index is 0.355. The number of esters is 1. The molecule has 3 rings (SSSR count). The molecule has 106 valence electrons. The molecule has 3 aromatic rings. The van der Waals surface area contributed by atoms with Gasteiger partial charge in [-0.15, -0.1) is 0 Å². The maximum absolute atomic E-state index is 12.0. The van der Waals surface area contributed by atoms with Gasteiger partial charge in [-0.2, -0.15) is 5.26 Å². The van der Waals surface area contributed by atoms with E-state index >= 15 is 0 Å². The first-order chi connectivity index (χ1) is 10.7. The molecule has 0 aliphatic rings. The van der Waals surface area contributed by atoms with Crippen molar-refractivity contribution in [2.45, 2.75) is 0 Å². The average molecular weight is 287 g/mol. The topological polar surface area (TPSA) is 50.1 Å². The summed E-state index contributed by atoms with van der Waals surface area (Å²) in [6.07, 6.45) is 0. The lowest BCUT2D eigenvalue weighted by atomic mass is 9.96. The molecule has 0 bridgehead atoms. The minimum Gasteiger partial charge on any atom is -0.465 e. The molecule has 3 heteroatoms. The number of carbonyl (C=O) groups excluding carboxylic acids is 1. The van der Waals surface area contributed by atoms with Gasteiger partial charge < -0.3 is 4.74 Å². The predicted octanol–water partition coefficient (Wildman–Crippen LogP) is 4.17. The zero-order valence-corrected chi connectivity index (χ0v) is 12.0. The van der Waals surface area contributed by atoms with Gasteiger partial charge in [-0.3, -0.25) is 0 Å². The Bertz CT molecular complexity index is 889. The summed E-state index contributed by atoms with van der Waals surface area (Å²) in [7, 11) is 1.38. The summed E-state index contributed by atoms with van der Waals surface area (Å²) in [6, 6.07) is 21.0. The maximum atomic E-state index is 12.0. The molecule has 0 aromatic heterocycles. The van der Waals surface area contributed by atoms with Crippen molar-refractivity contribution in [3.63, 3.8) is 0 Å². The lowest BCUT2D eigenvalue weighted by Gasteiger charge is -2.09. The molecule has 0 N–H and O–H groups in total. The van der Waals surface area contributed by atoms with Gasteiger partial charge in [-0.1, -0.05) is 36.4 Å². The van der Waals surface area contributed by atoms with Crippen LogP contribution in [0.2, 0.25) is 0 Å². The number of hydrogen-bond donors (Lipinski definition) is 0. The summed E-state index contributed by atoms with van der Waals surface area (Å²) in [4.78, 5) is 12.0. The number of methoxy groups -OCH3 is 1. The fourth-order valence-electron chi connectivity index (χ4n) is 2.49. The lowest BCUT2D eigenvalue weighted by molar-refractivity contribution is 0.0603. The van der Waals surface area contributed by atoms with Gasteiger partial charge in [-0.05, 0) is 46.2 Å². The van der Waals surface area contributed by atoms with Crippen LogP contribution < -0.4 is 0 Å². The SMILES string of the molecule is COC(=O)c1cc(-c2ccc(C#N)cc2)cc2ccccc12. The number of ether oxygens (including phenoxy) is 1. The molecule has 0 atom stereocenters. The molecule has 3 aromatic carbocycles. The van der Waals surface area contributed by atoms with E-state index in [9.17, 15) is 4.79 Å². The second-order valence-corrected chi connectivity index (χ2v) is 4.93. The lowest BCUT2D eigenvalue weighted by Crippen LogP contribution is -2.02. The van der Waals surface area contributed by atoms with E-state index in [0.717, 1.165) is 21.9 Å². The van der Waals surface area contributed by atoms with Crippen molar-refractivity contribution < 1.29 is 9.53 Å². The normalized spacial score (nSPS) is 10.2. The van der Waals surface area contributed by atoms with Crippen LogP contribution >= 0.6 is 0 Å². The smallest absolute Gasteiger partial charge is 0.338 e. The zero-order valence-electron chi connectivity index (χ0n) is 12.0. The van der Waals surface area contributed by atoms with Crippen molar-refractivity contribution in [1.29, 1.82) is 5.26 Å². The number of nitriles is 1. The third kappa shape index (κ3) is 2.43. The van der Waals surface area contributed by atoms with Crippen molar-refractivity contribution in [2.24, 2.45) is 0 Å². The molecule has 0 aliphatic heterocycles. The van der Waals surface area contributed by atoms with Gasteiger partial charge in [0.1, 0.15) is 0 Å². The minimum atomic E-state index is -0.355. The molecule has 0 unspecified atom stereocenters. The summed E-state index contributed by atoms with van der Waals surface area (Å²) in [6.45, 7) is 0. The van der Waals surface area contributed by atoms with Crippen LogP contribution in [-0.2, 0) is 4.74 Å². The molecule has 0 spiro atoms. The molecule has 0 radical (unpaired) electrons. The first kappa shape index (κ1) is 13.8. The van der Waals surface area contributed by atoms with E-state index in [-0.39, 0.29) is 5.97 Å². The number of nitrogens with zero attached hydrogens (tertiary/aromatic N) is 1. The van der Waals surface area contributed by atoms with Crippen LogP contribution in [0.5, 0.6) is 0 Å². The number of carbonyl (C=O) groups is 1. The molecule has 0 saturated heterocycles. The van der Waals surface area contributed by atoms with Gasteiger partial charge in [-0.25, -0.2) is 4.79 Å². The van der Waals surface area contributed by atoms with Crippen LogP contribution in [-0.4, -0.2) is 13.1 Å². The Morgan fingerprint density at radius 1 is 1.00 bits per heavy atom. The molecule has 0 saturated carbocycles. The van der Waals surface area contributed by atoms with Crippen molar-refractivity contribution in [2.75, 3.05) is 7.11 Å². The summed E-state index contributed by atoms with van der Waals surface area (Å²) in [5, 5.41) is 10.7. The van der Waals surface area contributed by atoms with Gasteiger partial charge in [0, 0.05) is 0 Å². The first-order valence-corrected chi connectivity index (χ1v) is 6.84. The number of fused-ring (bicyclic) bond motifs is 1. The number of benzene rings is 3. The standard InChI is InChI=1S/C19H13NO2/c1-22-19(21)18-11-16(10-15-4-2-3-5-17(15)18)14-8-6-13(12-20)7-9-14/h2-11H,1H3. The summed E-state index contributed by atoms with van der Waals surface area (Å²) < 4.78 is 4.89. The van der Waals surface area contributed by atoms with Crippen molar-refractivity contribution in [1.82, 2.24) is 0 Å². The number of hydrogen-bond acceptors (Lipinski definition) is 3. The highest BCUT2D eigenvalue weighted by Crippen LogP contribution is 2.28. The van der Waals surface area contributed by atoms with Gasteiger partial charge in [0.15, 0.2) is 0 Å². The average Bonchev–Trinajstić information content (AvgIpc) is 2.60. The van der Waals surface area contributed by atoms with Crippen molar-refractivity contribution in [3.8, 4) is 17.2 Å². The van der Waals surface area contributed by atoms with E-state index in [1.54, 1.807) is 12.1 Å². The molecule has 3 nitrogen and oxygen atoms in total. The predicted molar refractivity (Wildman–Crippen MR) is 85.4 cm³/mol. The zero-order chi connectivity index (χ0) is 15.5. The van der Waals surface area contributed by atoms with Gasteiger partial charge in [0.25, 0.3) is 0 Å². The van der Waals surface area contributed by atoms with E-state index in [2.05, 4.69) is 6.07 Å². The van der Waals surface area contributed by atoms with E-state index in [1.165, 1.54) is 7.11 Å². The van der Waals surface area contributed by atoms with Crippen molar-refractivity contribution >= 4 is 16.7 Å². The van der Waals surface area contributed by atoms with Crippen LogP contribution in [0.3, 0.4) is 0 Å². The Kier molecular flexibility index (Phi) is 3.59. The monoisotopic (exact) mass is 287 g/mol. The highest BCUT2D eigenvalue weighted by Gasteiger charge is 2.12. The second kappa shape index (κ2) is 5.71.